The first kappa shape index (κ1) is 27.5. The van der Waals surface area contributed by atoms with Gasteiger partial charge in [-0.05, 0) is 83.3 Å². The van der Waals surface area contributed by atoms with Crippen LogP contribution in [0.1, 0.15) is 43.9 Å². The molecule has 6 heteroatoms. The maximum absolute atomic E-state index is 14.2. The molecular weight excluding hydrogens is 472 g/mol. The number of nitrogen functional groups attached to an aromatic ring is 1. The highest BCUT2D eigenvalue weighted by atomic mass is 32.2. The molecule has 0 spiro atoms. The molecule has 0 unspecified atom stereocenters. The van der Waals surface area contributed by atoms with E-state index in [2.05, 4.69) is 67.8 Å². The van der Waals surface area contributed by atoms with Crippen LogP contribution in [-0.4, -0.2) is 6.54 Å². The fourth-order valence-corrected chi connectivity index (χ4v) is 4.74. The summed E-state index contributed by atoms with van der Waals surface area (Å²) in [5, 5.41) is 0. The Labute approximate surface area is 218 Å². The number of nitrogens with one attached hydrogen (secondary N) is 1. The van der Waals surface area contributed by atoms with Crippen LogP contribution in [0.5, 0.6) is 0 Å². The maximum Gasteiger partial charge on any atom is 0.141 e. The van der Waals surface area contributed by atoms with Crippen LogP contribution >= 0.6 is 11.9 Å². The SMILES string of the molecule is C=C(CC(C)(C)C)c1ccc(N(Cc2cccc(N)c2)C(=C)CNSc2c(C)cc(F)cc2F)cc1. The van der Waals surface area contributed by atoms with Gasteiger partial charge in [0, 0.05) is 36.2 Å². The van der Waals surface area contributed by atoms with Crippen molar-refractivity contribution in [1.29, 1.82) is 0 Å². The molecule has 3 rings (SSSR count). The van der Waals surface area contributed by atoms with Gasteiger partial charge in [-0.2, -0.15) is 0 Å². The minimum absolute atomic E-state index is 0.162. The summed E-state index contributed by atoms with van der Waals surface area (Å²) in [6, 6.07) is 18.3. The number of halogens is 2. The second-order valence-electron chi connectivity index (χ2n) is 10.2. The zero-order chi connectivity index (χ0) is 26.5. The number of aryl methyl sites for hydroxylation is 1. The highest BCUT2D eigenvalue weighted by Crippen LogP contribution is 2.31. The summed E-state index contributed by atoms with van der Waals surface area (Å²) in [4.78, 5) is 2.47. The maximum atomic E-state index is 14.2. The van der Waals surface area contributed by atoms with Crippen LogP contribution in [0.4, 0.5) is 20.2 Å². The molecule has 190 valence electrons. The molecule has 0 aromatic heterocycles. The van der Waals surface area contributed by atoms with E-state index in [0.29, 0.717) is 29.2 Å². The van der Waals surface area contributed by atoms with E-state index < -0.39 is 11.6 Å². The standard InChI is InChI=1S/C30H35F2N3S/c1-20-14-25(31)16-28(32)29(20)36-34-18-22(3)35(19-23-8-7-9-26(33)15-23)27-12-10-24(11-13-27)21(2)17-30(4,5)6/h7-16,34H,2-3,17-19,33H2,1,4-6H3. The molecule has 0 amide bonds. The molecule has 3 aromatic rings. The van der Waals surface area contributed by atoms with Crippen molar-refractivity contribution in [1.82, 2.24) is 4.72 Å². The molecule has 0 atom stereocenters. The summed E-state index contributed by atoms with van der Waals surface area (Å²) in [6.45, 7) is 17.8. The first-order chi connectivity index (χ1) is 16.9. The molecule has 3 aromatic carbocycles. The van der Waals surface area contributed by atoms with Crippen LogP contribution in [0.25, 0.3) is 5.57 Å². The predicted octanol–water partition coefficient (Wildman–Crippen LogP) is 8.12. The summed E-state index contributed by atoms with van der Waals surface area (Å²) in [7, 11) is 0. The van der Waals surface area contributed by atoms with E-state index in [1.54, 1.807) is 6.92 Å². The second-order valence-corrected chi connectivity index (χ2v) is 11.1. The highest BCUT2D eigenvalue weighted by Gasteiger charge is 2.16. The molecule has 0 saturated heterocycles. The Morgan fingerprint density at radius 1 is 1.03 bits per heavy atom. The fraction of sp³-hybridized carbons (Fsp3) is 0.267. The van der Waals surface area contributed by atoms with E-state index in [1.807, 2.05) is 24.3 Å². The van der Waals surface area contributed by atoms with E-state index in [9.17, 15) is 8.78 Å². The normalized spacial score (nSPS) is 11.4. The summed E-state index contributed by atoms with van der Waals surface area (Å²) in [5.41, 5.74) is 12.4. The van der Waals surface area contributed by atoms with Gasteiger partial charge in [0.2, 0.25) is 0 Å². The van der Waals surface area contributed by atoms with E-state index >= 15 is 0 Å². The third kappa shape index (κ3) is 7.70. The van der Waals surface area contributed by atoms with Crippen molar-refractivity contribution < 1.29 is 8.78 Å². The minimum atomic E-state index is -0.585. The molecule has 0 aliphatic rings. The number of benzene rings is 3. The lowest BCUT2D eigenvalue weighted by atomic mass is 9.86. The first-order valence-corrected chi connectivity index (χ1v) is 12.7. The van der Waals surface area contributed by atoms with Gasteiger partial charge in [0.05, 0.1) is 4.90 Å². The summed E-state index contributed by atoms with van der Waals surface area (Å²) in [6.07, 6.45) is 0.909. The number of rotatable bonds is 10. The van der Waals surface area contributed by atoms with Crippen molar-refractivity contribution >= 4 is 28.9 Å². The Morgan fingerprint density at radius 2 is 1.72 bits per heavy atom. The van der Waals surface area contributed by atoms with Crippen molar-refractivity contribution in [2.24, 2.45) is 5.41 Å². The van der Waals surface area contributed by atoms with Crippen molar-refractivity contribution in [3.05, 3.63) is 108 Å². The number of nitrogens with zero attached hydrogens (tertiary/aromatic N) is 1. The average molecular weight is 508 g/mol. The van der Waals surface area contributed by atoms with E-state index in [-0.39, 0.29) is 5.41 Å². The number of hydrogen-bond acceptors (Lipinski definition) is 4. The Kier molecular flexibility index (Phi) is 8.98. The van der Waals surface area contributed by atoms with Crippen molar-refractivity contribution in [2.75, 3.05) is 17.2 Å². The quantitative estimate of drug-likeness (QED) is 0.215. The van der Waals surface area contributed by atoms with Crippen LogP contribution in [0.15, 0.2) is 84.4 Å². The number of hydrogen-bond donors (Lipinski definition) is 2. The van der Waals surface area contributed by atoms with Gasteiger partial charge in [-0.1, -0.05) is 58.2 Å². The lowest BCUT2D eigenvalue weighted by Gasteiger charge is -2.28. The predicted molar refractivity (Wildman–Crippen MR) is 151 cm³/mol. The van der Waals surface area contributed by atoms with Crippen molar-refractivity contribution in [2.45, 2.75) is 45.6 Å². The lowest BCUT2D eigenvalue weighted by molar-refractivity contribution is 0.427. The zero-order valence-electron chi connectivity index (χ0n) is 21.5. The number of allylic oxidation sites excluding steroid dienone is 1. The molecule has 0 saturated carbocycles. The smallest absolute Gasteiger partial charge is 0.141 e. The van der Waals surface area contributed by atoms with Crippen molar-refractivity contribution in [3.8, 4) is 0 Å². The fourth-order valence-electron chi connectivity index (χ4n) is 3.98. The van der Waals surface area contributed by atoms with Gasteiger partial charge < -0.3 is 10.6 Å². The van der Waals surface area contributed by atoms with Gasteiger partial charge in [0.25, 0.3) is 0 Å². The molecule has 0 aliphatic carbocycles. The third-order valence-electron chi connectivity index (χ3n) is 5.65. The molecule has 36 heavy (non-hydrogen) atoms. The number of anilines is 2. The number of nitrogens with two attached hydrogens (primary N) is 1. The van der Waals surface area contributed by atoms with E-state index in [0.717, 1.165) is 52.5 Å². The van der Waals surface area contributed by atoms with Gasteiger partial charge in [-0.25, -0.2) is 8.78 Å². The van der Waals surface area contributed by atoms with E-state index in [1.165, 1.54) is 6.07 Å². The van der Waals surface area contributed by atoms with Crippen LogP contribution in [-0.2, 0) is 6.54 Å². The highest BCUT2D eigenvalue weighted by molar-refractivity contribution is 7.97. The summed E-state index contributed by atoms with van der Waals surface area (Å²) in [5.74, 6) is -1.17. The minimum Gasteiger partial charge on any atom is -0.399 e. The Hall–Kier alpha value is -3.09. The van der Waals surface area contributed by atoms with Crippen LogP contribution in [0, 0.1) is 24.0 Å². The molecule has 0 heterocycles. The molecule has 3 N–H and O–H groups in total. The summed E-state index contributed by atoms with van der Waals surface area (Å²) < 4.78 is 30.9. The van der Waals surface area contributed by atoms with Gasteiger partial charge in [0.15, 0.2) is 0 Å². The Balaban J connectivity index is 1.78. The molecule has 3 nitrogen and oxygen atoms in total. The topological polar surface area (TPSA) is 41.3 Å². The van der Waals surface area contributed by atoms with Crippen LogP contribution in [0.2, 0.25) is 0 Å². The van der Waals surface area contributed by atoms with E-state index in [4.69, 9.17) is 5.73 Å². The molecule has 0 aliphatic heterocycles. The average Bonchev–Trinajstić information content (AvgIpc) is 2.78. The molecular formula is C30H35F2N3S. The molecule has 0 bridgehead atoms. The molecule has 0 fully saturated rings. The van der Waals surface area contributed by atoms with Gasteiger partial charge in [0.1, 0.15) is 11.6 Å². The second kappa shape index (κ2) is 11.8. The largest absolute Gasteiger partial charge is 0.399 e. The van der Waals surface area contributed by atoms with Gasteiger partial charge in [-0.3, -0.25) is 4.72 Å². The van der Waals surface area contributed by atoms with Crippen molar-refractivity contribution in [3.63, 3.8) is 0 Å². The van der Waals surface area contributed by atoms with Crippen LogP contribution < -0.4 is 15.4 Å². The Morgan fingerprint density at radius 3 is 2.33 bits per heavy atom. The van der Waals surface area contributed by atoms with Crippen LogP contribution in [0.3, 0.4) is 0 Å². The third-order valence-corrected chi connectivity index (χ3v) is 6.66. The van der Waals surface area contributed by atoms with Gasteiger partial charge in [-0.15, -0.1) is 0 Å². The molecule has 0 radical (unpaired) electrons. The van der Waals surface area contributed by atoms with Gasteiger partial charge >= 0.3 is 0 Å². The summed E-state index contributed by atoms with van der Waals surface area (Å²) >= 11 is 1.13. The monoisotopic (exact) mass is 507 g/mol. The lowest BCUT2D eigenvalue weighted by Crippen LogP contribution is -2.27. The zero-order valence-corrected chi connectivity index (χ0v) is 22.3. The first-order valence-electron chi connectivity index (χ1n) is 11.9. The Bertz CT molecular complexity index is 1210.